The molecule has 9 heteroatoms. The van der Waals surface area contributed by atoms with Gasteiger partial charge in [0.1, 0.15) is 22.8 Å². The number of likely N-dealkylation sites (N-methyl/N-ethyl adjacent to an activating group) is 1. The summed E-state index contributed by atoms with van der Waals surface area (Å²) in [6, 6.07) is 29.5. The van der Waals surface area contributed by atoms with E-state index in [0.29, 0.717) is 19.8 Å². The van der Waals surface area contributed by atoms with Crippen molar-refractivity contribution in [2.24, 2.45) is 0 Å². The van der Waals surface area contributed by atoms with Gasteiger partial charge in [0, 0.05) is 61.6 Å². The summed E-state index contributed by atoms with van der Waals surface area (Å²) >= 11 is 0. The van der Waals surface area contributed by atoms with Crippen LogP contribution in [0.4, 0.5) is 23.0 Å². The normalized spacial score (nSPS) is 16.0. The van der Waals surface area contributed by atoms with E-state index < -0.39 is 0 Å². The summed E-state index contributed by atoms with van der Waals surface area (Å²) in [6.45, 7) is 7.79. The molecule has 226 valence electrons. The van der Waals surface area contributed by atoms with Crippen LogP contribution in [0.1, 0.15) is 5.56 Å². The molecule has 0 saturated carbocycles. The topological polar surface area (TPSA) is 70.9 Å². The number of pyridine rings is 1. The van der Waals surface area contributed by atoms with Crippen LogP contribution < -0.4 is 19.9 Å². The number of morpholine rings is 1. The molecule has 2 aliphatic heterocycles. The Hall–Kier alpha value is -4.60. The molecule has 2 aromatic heterocycles. The zero-order valence-electron chi connectivity index (χ0n) is 25.4. The lowest BCUT2D eigenvalue weighted by atomic mass is 10.1. The largest absolute Gasteiger partial charge is 0.497 e. The second-order valence-corrected chi connectivity index (χ2v) is 11.5. The third-order valence-corrected chi connectivity index (χ3v) is 8.57. The molecule has 9 nitrogen and oxygen atoms in total. The highest BCUT2D eigenvalue weighted by atomic mass is 16.5. The number of fused-ring (bicyclic) bond motifs is 1. The van der Waals surface area contributed by atoms with Gasteiger partial charge in [-0.25, -0.2) is 4.98 Å². The number of nitrogens with one attached hydrogen (secondary N) is 1. The minimum absolute atomic E-state index is 0.618. The summed E-state index contributed by atoms with van der Waals surface area (Å²) in [5.41, 5.74) is 6.46. The molecular formula is C35H39N7O2. The van der Waals surface area contributed by atoms with Crippen LogP contribution in [-0.2, 0) is 11.3 Å². The Kier molecular flexibility index (Phi) is 8.04. The summed E-state index contributed by atoms with van der Waals surface area (Å²) in [7, 11) is 3.88. The summed E-state index contributed by atoms with van der Waals surface area (Å²) in [6.07, 6.45) is 0. The highest BCUT2D eigenvalue weighted by Gasteiger charge is 2.24. The first-order chi connectivity index (χ1) is 21.6. The van der Waals surface area contributed by atoms with Crippen LogP contribution in [0.3, 0.4) is 0 Å². The van der Waals surface area contributed by atoms with E-state index in [2.05, 4.69) is 98.5 Å². The highest BCUT2D eigenvalue weighted by molar-refractivity contribution is 6.01. The van der Waals surface area contributed by atoms with E-state index in [-0.39, 0.29) is 0 Å². The number of piperazine rings is 1. The van der Waals surface area contributed by atoms with Gasteiger partial charge in [0.25, 0.3) is 0 Å². The van der Waals surface area contributed by atoms with E-state index in [1.54, 1.807) is 7.11 Å². The molecule has 0 aliphatic carbocycles. The molecule has 3 aromatic carbocycles. The number of hydrogen-bond acceptors (Lipinski definition) is 8. The summed E-state index contributed by atoms with van der Waals surface area (Å²) in [5.74, 6) is 2.56. The molecule has 0 unspecified atom stereocenters. The number of nitrogens with zero attached hydrogens (tertiary/aromatic N) is 6. The van der Waals surface area contributed by atoms with Crippen molar-refractivity contribution >= 4 is 33.9 Å². The van der Waals surface area contributed by atoms with E-state index in [4.69, 9.17) is 19.6 Å². The van der Waals surface area contributed by atoms with E-state index in [9.17, 15) is 0 Å². The van der Waals surface area contributed by atoms with Gasteiger partial charge in [-0.3, -0.25) is 4.68 Å². The van der Waals surface area contributed by atoms with Crippen molar-refractivity contribution < 1.29 is 9.47 Å². The lowest BCUT2D eigenvalue weighted by Crippen LogP contribution is -2.44. The fourth-order valence-electron chi connectivity index (χ4n) is 6.04. The molecule has 44 heavy (non-hydrogen) atoms. The average Bonchev–Trinajstić information content (AvgIpc) is 3.44. The van der Waals surface area contributed by atoms with Crippen molar-refractivity contribution in [1.82, 2.24) is 19.7 Å². The summed E-state index contributed by atoms with van der Waals surface area (Å²) in [5, 5.41) is 9.90. The van der Waals surface area contributed by atoms with Crippen molar-refractivity contribution in [3.63, 3.8) is 0 Å². The molecule has 0 spiro atoms. The predicted octanol–water partition coefficient (Wildman–Crippen LogP) is 5.49. The third kappa shape index (κ3) is 5.93. The number of benzene rings is 3. The lowest BCUT2D eigenvalue weighted by molar-refractivity contribution is 0.122. The molecule has 1 N–H and O–H groups in total. The number of hydrogen-bond donors (Lipinski definition) is 1. The van der Waals surface area contributed by atoms with Crippen LogP contribution in [0.2, 0.25) is 0 Å². The first-order valence-corrected chi connectivity index (χ1v) is 15.4. The number of rotatable bonds is 8. The molecule has 0 amide bonds. The van der Waals surface area contributed by atoms with Crippen molar-refractivity contribution in [1.29, 1.82) is 0 Å². The lowest BCUT2D eigenvalue weighted by Gasteiger charge is -2.34. The standard InChI is InChI=1S/C35H39N7O2/c1-39-16-18-40(19-17-39)29-12-10-28(11-13-29)36-32-24-31-33(27-6-4-3-5-7-27)38-42(25-26-8-14-30(43-2)15-9-26)34(31)35(37-32)41-20-22-44-23-21-41/h3-15,24H,16-23,25H2,1-2H3,(H,36,37). The number of anilines is 4. The quantitative estimate of drug-likeness (QED) is 0.255. The van der Waals surface area contributed by atoms with Crippen LogP contribution in [0.5, 0.6) is 5.75 Å². The van der Waals surface area contributed by atoms with Gasteiger partial charge >= 0.3 is 0 Å². The molecule has 0 radical (unpaired) electrons. The van der Waals surface area contributed by atoms with Crippen molar-refractivity contribution in [2.75, 3.05) is 81.8 Å². The smallest absolute Gasteiger partial charge is 0.157 e. The Bertz CT molecular complexity index is 1690. The van der Waals surface area contributed by atoms with E-state index in [1.807, 2.05) is 18.2 Å². The van der Waals surface area contributed by atoms with E-state index >= 15 is 0 Å². The second kappa shape index (κ2) is 12.6. The number of aromatic nitrogens is 3. The number of methoxy groups -OCH3 is 1. The van der Waals surface area contributed by atoms with E-state index in [0.717, 1.165) is 90.1 Å². The molecule has 4 heterocycles. The monoisotopic (exact) mass is 589 g/mol. The maximum Gasteiger partial charge on any atom is 0.157 e. The fraction of sp³-hybridized carbons (Fsp3) is 0.314. The molecule has 2 saturated heterocycles. The third-order valence-electron chi connectivity index (χ3n) is 8.57. The van der Waals surface area contributed by atoms with Gasteiger partial charge in [0.15, 0.2) is 5.82 Å². The number of ether oxygens (including phenoxy) is 2. The summed E-state index contributed by atoms with van der Waals surface area (Å²) < 4.78 is 13.2. The van der Waals surface area contributed by atoms with Gasteiger partial charge in [0.05, 0.1) is 26.9 Å². The Labute approximate surface area is 258 Å². The van der Waals surface area contributed by atoms with Crippen LogP contribution in [-0.4, -0.2) is 86.3 Å². The Morgan fingerprint density at radius 2 is 1.55 bits per heavy atom. The molecule has 2 aliphatic rings. The van der Waals surface area contributed by atoms with Gasteiger partial charge in [-0.1, -0.05) is 42.5 Å². The van der Waals surface area contributed by atoms with Crippen LogP contribution >= 0.6 is 0 Å². The predicted molar refractivity (Wildman–Crippen MR) is 178 cm³/mol. The SMILES string of the molecule is COc1ccc(Cn2nc(-c3ccccc3)c3cc(Nc4ccc(N5CCN(C)CC5)cc4)nc(N4CCOCC4)c32)cc1. The van der Waals surface area contributed by atoms with Crippen LogP contribution in [0, 0.1) is 0 Å². The maximum absolute atomic E-state index is 5.72. The van der Waals surface area contributed by atoms with Crippen LogP contribution in [0.15, 0.2) is 84.9 Å². The van der Waals surface area contributed by atoms with Crippen LogP contribution in [0.25, 0.3) is 22.2 Å². The summed E-state index contributed by atoms with van der Waals surface area (Å²) in [4.78, 5) is 12.4. The van der Waals surface area contributed by atoms with Gasteiger partial charge < -0.3 is 29.5 Å². The minimum Gasteiger partial charge on any atom is -0.497 e. The first-order valence-electron chi connectivity index (χ1n) is 15.4. The van der Waals surface area contributed by atoms with Gasteiger partial charge in [-0.05, 0) is 55.1 Å². The Balaban J connectivity index is 1.29. The fourth-order valence-corrected chi connectivity index (χ4v) is 6.04. The molecular weight excluding hydrogens is 550 g/mol. The molecule has 2 fully saturated rings. The maximum atomic E-state index is 5.72. The van der Waals surface area contributed by atoms with E-state index in [1.165, 1.54) is 5.69 Å². The zero-order valence-corrected chi connectivity index (χ0v) is 25.4. The van der Waals surface area contributed by atoms with Crippen molar-refractivity contribution in [3.8, 4) is 17.0 Å². The minimum atomic E-state index is 0.618. The molecule has 0 atom stereocenters. The molecule has 5 aromatic rings. The van der Waals surface area contributed by atoms with Gasteiger partial charge in [-0.15, -0.1) is 0 Å². The second-order valence-electron chi connectivity index (χ2n) is 11.5. The average molecular weight is 590 g/mol. The molecule has 7 rings (SSSR count). The Morgan fingerprint density at radius 3 is 2.25 bits per heavy atom. The van der Waals surface area contributed by atoms with Gasteiger partial charge in [0.2, 0.25) is 0 Å². The molecule has 0 bridgehead atoms. The first kappa shape index (κ1) is 28.2. The van der Waals surface area contributed by atoms with Gasteiger partial charge in [-0.2, -0.15) is 5.10 Å². The highest BCUT2D eigenvalue weighted by Crippen LogP contribution is 2.36. The van der Waals surface area contributed by atoms with Crippen molar-refractivity contribution in [3.05, 3.63) is 90.5 Å². The zero-order chi connectivity index (χ0) is 29.9. The Morgan fingerprint density at radius 1 is 0.818 bits per heavy atom. The van der Waals surface area contributed by atoms with Crippen molar-refractivity contribution in [2.45, 2.75) is 6.54 Å².